The van der Waals surface area contributed by atoms with Crippen LogP contribution in [0.2, 0.25) is 0 Å². The molecule has 188 valence electrons. The summed E-state index contributed by atoms with van der Waals surface area (Å²) in [7, 11) is 0. The van der Waals surface area contributed by atoms with Crippen LogP contribution >= 0.6 is 0 Å². The molecule has 1 aliphatic rings. The van der Waals surface area contributed by atoms with Crippen LogP contribution < -0.4 is 0 Å². The Kier molecular flexibility index (Phi) is 15.8. The lowest BCUT2D eigenvalue weighted by Gasteiger charge is -2.36. The molecular weight excluding hydrogens is 400 g/mol. The number of esters is 2. The van der Waals surface area contributed by atoms with E-state index in [1.165, 1.54) is 64.2 Å². The van der Waals surface area contributed by atoms with Crippen LogP contribution in [0.3, 0.4) is 0 Å². The summed E-state index contributed by atoms with van der Waals surface area (Å²) in [6.07, 6.45) is 18.8. The molecule has 1 fully saturated rings. The van der Waals surface area contributed by atoms with Crippen molar-refractivity contribution >= 4 is 11.9 Å². The molecule has 1 saturated carbocycles. The highest BCUT2D eigenvalue weighted by Crippen LogP contribution is 2.43. The molecular formula is C28H52O4. The van der Waals surface area contributed by atoms with E-state index in [1.54, 1.807) is 0 Å². The van der Waals surface area contributed by atoms with Crippen molar-refractivity contribution < 1.29 is 19.1 Å². The number of hydrogen-bond donors (Lipinski definition) is 0. The number of carbonyl (C=O) groups is 2. The Hall–Kier alpha value is -1.06. The van der Waals surface area contributed by atoms with E-state index in [2.05, 4.69) is 27.7 Å². The minimum Gasteiger partial charge on any atom is -0.465 e. The SMILES string of the molecule is CC(C)CCCCCCCCOC(=O)C1(C(=O)OCCCCCCCCC(C)C)CCC1. The summed E-state index contributed by atoms with van der Waals surface area (Å²) in [6, 6.07) is 0. The summed E-state index contributed by atoms with van der Waals surface area (Å²) in [5.74, 6) is 0.889. The van der Waals surface area contributed by atoms with Crippen molar-refractivity contribution in [3.05, 3.63) is 0 Å². The van der Waals surface area contributed by atoms with Crippen LogP contribution in [-0.2, 0) is 19.1 Å². The highest BCUT2D eigenvalue weighted by Gasteiger charge is 2.53. The summed E-state index contributed by atoms with van der Waals surface area (Å²) in [5.41, 5.74) is -1.01. The molecule has 0 radical (unpaired) electrons. The van der Waals surface area contributed by atoms with Gasteiger partial charge in [0.15, 0.2) is 5.41 Å². The Bertz CT molecular complexity index is 454. The van der Waals surface area contributed by atoms with Crippen LogP contribution in [0.15, 0.2) is 0 Å². The molecule has 0 atom stereocenters. The second kappa shape index (κ2) is 17.4. The Morgan fingerprint density at radius 2 is 0.938 bits per heavy atom. The second-order valence-corrected chi connectivity index (χ2v) is 10.8. The van der Waals surface area contributed by atoms with E-state index in [9.17, 15) is 9.59 Å². The van der Waals surface area contributed by atoms with Gasteiger partial charge in [0, 0.05) is 0 Å². The highest BCUT2D eigenvalue weighted by molar-refractivity contribution is 6.01. The maximum atomic E-state index is 12.6. The van der Waals surface area contributed by atoms with Crippen LogP contribution in [0.4, 0.5) is 0 Å². The summed E-state index contributed by atoms with van der Waals surface area (Å²) in [5, 5.41) is 0. The quantitative estimate of drug-likeness (QED) is 0.107. The first kappa shape index (κ1) is 29.0. The molecule has 0 bridgehead atoms. The van der Waals surface area contributed by atoms with Gasteiger partial charge in [-0.05, 0) is 43.9 Å². The van der Waals surface area contributed by atoms with E-state index < -0.39 is 5.41 Å². The first-order valence-corrected chi connectivity index (χ1v) is 13.7. The van der Waals surface area contributed by atoms with Crippen LogP contribution in [0.25, 0.3) is 0 Å². The van der Waals surface area contributed by atoms with E-state index in [4.69, 9.17) is 9.47 Å². The van der Waals surface area contributed by atoms with Gasteiger partial charge in [0.1, 0.15) is 0 Å². The first-order chi connectivity index (χ1) is 15.4. The monoisotopic (exact) mass is 452 g/mol. The van der Waals surface area contributed by atoms with Gasteiger partial charge in [-0.2, -0.15) is 0 Å². The van der Waals surface area contributed by atoms with Crippen molar-refractivity contribution in [3.63, 3.8) is 0 Å². The molecule has 4 heteroatoms. The number of rotatable bonds is 20. The number of unbranched alkanes of at least 4 members (excludes halogenated alkanes) is 10. The van der Waals surface area contributed by atoms with Crippen LogP contribution in [-0.4, -0.2) is 25.2 Å². The summed E-state index contributed by atoms with van der Waals surface area (Å²) < 4.78 is 11.0. The predicted octanol–water partition coefficient (Wildman–Crippen LogP) is 8.02. The van der Waals surface area contributed by atoms with Crippen LogP contribution in [0, 0.1) is 17.3 Å². The van der Waals surface area contributed by atoms with Gasteiger partial charge in [-0.3, -0.25) is 9.59 Å². The molecule has 0 saturated heterocycles. The van der Waals surface area contributed by atoms with Crippen molar-refractivity contribution in [3.8, 4) is 0 Å². The molecule has 0 amide bonds. The number of ether oxygens (including phenoxy) is 2. The summed E-state index contributed by atoms with van der Waals surface area (Å²) >= 11 is 0. The fraction of sp³-hybridized carbons (Fsp3) is 0.929. The second-order valence-electron chi connectivity index (χ2n) is 10.8. The van der Waals surface area contributed by atoms with Crippen molar-refractivity contribution in [2.75, 3.05) is 13.2 Å². The summed E-state index contributed by atoms with van der Waals surface area (Å²) in [4.78, 5) is 25.2. The molecule has 1 rings (SSSR count). The Labute approximate surface area is 198 Å². The zero-order valence-corrected chi connectivity index (χ0v) is 21.7. The zero-order valence-electron chi connectivity index (χ0n) is 21.7. The van der Waals surface area contributed by atoms with Gasteiger partial charge in [0.2, 0.25) is 0 Å². The lowest BCUT2D eigenvalue weighted by Crippen LogP contribution is -2.47. The van der Waals surface area contributed by atoms with Gasteiger partial charge in [0.25, 0.3) is 0 Å². The predicted molar refractivity (Wildman–Crippen MR) is 133 cm³/mol. The first-order valence-electron chi connectivity index (χ1n) is 13.7. The normalized spacial score (nSPS) is 15.1. The smallest absolute Gasteiger partial charge is 0.323 e. The van der Waals surface area contributed by atoms with Gasteiger partial charge in [-0.25, -0.2) is 0 Å². The molecule has 0 unspecified atom stereocenters. The van der Waals surface area contributed by atoms with Crippen LogP contribution in [0.1, 0.15) is 137 Å². The third-order valence-electron chi connectivity index (χ3n) is 6.81. The molecule has 32 heavy (non-hydrogen) atoms. The molecule has 0 heterocycles. The lowest BCUT2D eigenvalue weighted by atomic mass is 9.69. The fourth-order valence-corrected chi connectivity index (χ4v) is 4.35. The van der Waals surface area contributed by atoms with E-state index in [0.29, 0.717) is 26.1 Å². The number of hydrogen-bond acceptors (Lipinski definition) is 4. The number of carbonyl (C=O) groups excluding carboxylic acids is 2. The molecule has 0 aliphatic heterocycles. The van der Waals surface area contributed by atoms with Gasteiger partial charge in [-0.1, -0.05) is 105 Å². The van der Waals surface area contributed by atoms with E-state index >= 15 is 0 Å². The minimum absolute atomic E-state index is 0.351. The van der Waals surface area contributed by atoms with E-state index in [-0.39, 0.29) is 11.9 Å². The standard InChI is InChI=1S/C28H52O4/c1-24(2)18-13-9-5-7-11-15-22-31-26(29)28(20-17-21-28)27(30)32-23-16-12-8-6-10-14-19-25(3)4/h24-25H,5-23H2,1-4H3. The molecule has 0 aromatic rings. The van der Waals surface area contributed by atoms with Crippen LogP contribution in [0.5, 0.6) is 0 Å². The van der Waals surface area contributed by atoms with Gasteiger partial charge in [-0.15, -0.1) is 0 Å². The zero-order chi connectivity index (χ0) is 23.7. The van der Waals surface area contributed by atoms with Crippen molar-refractivity contribution in [2.24, 2.45) is 17.3 Å². The van der Waals surface area contributed by atoms with Gasteiger partial charge >= 0.3 is 11.9 Å². The summed E-state index contributed by atoms with van der Waals surface area (Å²) in [6.45, 7) is 9.95. The average Bonchev–Trinajstić information content (AvgIpc) is 2.70. The van der Waals surface area contributed by atoms with Gasteiger partial charge < -0.3 is 9.47 Å². The highest BCUT2D eigenvalue weighted by atomic mass is 16.6. The van der Waals surface area contributed by atoms with E-state index in [1.807, 2.05) is 0 Å². The largest absolute Gasteiger partial charge is 0.465 e. The maximum absolute atomic E-state index is 12.6. The fourth-order valence-electron chi connectivity index (χ4n) is 4.35. The Morgan fingerprint density at radius 1 is 0.594 bits per heavy atom. The molecule has 4 nitrogen and oxygen atoms in total. The average molecular weight is 453 g/mol. The maximum Gasteiger partial charge on any atom is 0.323 e. The lowest BCUT2D eigenvalue weighted by molar-refractivity contribution is -0.179. The molecule has 1 aliphatic carbocycles. The Balaban J connectivity index is 2.08. The molecule has 0 aromatic carbocycles. The molecule has 0 N–H and O–H groups in total. The minimum atomic E-state index is -1.01. The topological polar surface area (TPSA) is 52.6 Å². The van der Waals surface area contributed by atoms with Crippen molar-refractivity contribution in [1.82, 2.24) is 0 Å². The van der Waals surface area contributed by atoms with E-state index in [0.717, 1.165) is 43.9 Å². The van der Waals surface area contributed by atoms with Crippen molar-refractivity contribution in [1.29, 1.82) is 0 Å². The molecule has 0 aromatic heterocycles. The van der Waals surface area contributed by atoms with Gasteiger partial charge in [0.05, 0.1) is 13.2 Å². The third kappa shape index (κ3) is 12.3. The Morgan fingerprint density at radius 3 is 1.25 bits per heavy atom. The van der Waals surface area contributed by atoms with Crippen molar-refractivity contribution in [2.45, 2.75) is 137 Å². The third-order valence-corrected chi connectivity index (χ3v) is 6.81. The molecule has 0 spiro atoms.